The maximum absolute atomic E-state index is 13.3. The molecular formula is C20H21N5O4. The molecule has 0 fully saturated rings. The number of imidazole rings is 1. The van der Waals surface area contributed by atoms with Gasteiger partial charge >= 0.3 is 5.69 Å². The van der Waals surface area contributed by atoms with Crippen molar-refractivity contribution < 1.29 is 5.11 Å². The highest BCUT2D eigenvalue weighted by Crippen LogP contribution is 2.24. The molecule has 3 heterocycles. The highest BCUT2D eigenvalue weighted by atomic mass is 16.3. The first-order valence-electron chi connectivity index (χ1n) is 9.39. The van der Waals surface area contributed by atoms with Gasteiger partial charge in [0.25, 0.3) is 11.1 Å². The molecule has 0 aliphatic heterocycles. The Hall–Kier alpha value is -3.62. The molecule has 0 saturated carbocycles. The molecule has 0 spiro atoms. The third kappa shape index (κ3) is 2.61. The summed E-state index contributed by atoms with van der Waals surface area (Å²) in [5.74, 6) is -0.240. The fraction of sp³-hybridized carbons (Fsp3) is 0.300. The molecule has 9 heteroatoms. The van der Waals surface area contributed by atoms with Crippen molar-refractivity contribution in [2.45, 2.75) is 26.2 Å². The SMILES string of the molecule is CCCCc1c(O)n2c3c(=O)n(C)c(=O)n(C)c3nc2n(-c2ccccc2)c1=O. The summed E-state index contributed by atoms with van der Waals surface area (Å²) in [6.07, 6.45) is 1.89. The minimum atomic E-state index is -0.592. The summed E-state index contributed by atoms with van der Waals surface area (Å²) < 4.78 is 4.83. The zero-order valence-corrected chi connectivity index (χ0v) is 16.4. The first kappa shape index (κ1) is 18.7. The van der Waals surface area contributed by atoms with Crippen molar-refractivity contribution in [2.75, 3.05) is 0 Å². The van der Waals surface area contributed by atoms with Crippen LogP contribution in [-0.4, -0.2) is 28.2 Å². The van der Waals surface area contributed by atoms with Crippen LogP contribution in [0, 0.1) is 0 Å². The van der Waals surface area contributed by atoms with Gasteiger partial charge in [-0.15, -0.1) is 0 Å². The van der Waals surface area contributed by atoms with Crippen LogP contribution < -0.4 is 16.8 Å². The van der Waals surface area contributed by atoms with E-state index in [2.05, 4.69) is 4.98 Å². The summed E-state index contributed by atoms with van der Waals surface area (Å²) in [6.45, 7) is 1.99. The maximum Gasteiger partial charge on any atom is 0.332 e. The van der Waals surface area contributed by atoms with Gasteiger partial charge in [0.2, 0.25) is 11.7 Å². The number of fused-ring (bicyclic) bond motifs is 3. The van der Waals surface area contributed by atoms with Crippen LogP contribution in [0.4, 0.5) is 0 Å². The number of aromatic nitrogens is 5. The number of nitrogens with zero attached hydrogens (tertiary/aromatic N) is 5. The third-order valence-corrected chi connectivity index (χ3v) is 5.18. The number of para-hydroxylation sites is 1. The van der Waals surface area contributed by atoms with Crippen molar-refractivity contribution in [3.05, 3.63) is 67.1 Å². The fourth-order valence-corrected chi connectivity index (χ4v) is 3.57. The summed E-state index contributed by atoms with van der Waals surface area (Å²) in [6, 6.07) is 8.89. The van der Waals surface area contributed by atoms with Crippen molar-refractivity contribution in [1.29, 1.82) is 0 Å². The quantitative estimate of drug-likeness (QED) is 0.557. The Balaban J connectivity index is 2.30. The monoisotopic (exact) mass is 395 g/mol. The first-order chi connectivity index (χ1) is 13.9. The van der Waals surface area contributed by atoms with Crippen LogP contribution >= 0.6 is 0 Å². The maximum atomic E-state index is 13.3. The van der Waals surface area contributed by atoms with E-state index in [1.807, 2.05) is 13.0 Å². The summed E-state index contributed by atoms with van der Waals surface area (Å²) >= 11 is 0. The van der Waals surface area contributed by atoms with E-state index >= 15 is 0 Å². The molecule has 4 rings (SSSR count). The summed E-state index contributed by atoms with van der Waals surface area (Å²) in [5.41, 5.74) is -0.618. The number of aromatic hydroxyl groups is 1. The zero-order valence-electron chi connectivity index (χ0n) is 16.4. The molecular weight excluding hydrogens is 374 g/mol. The minimum absolute atomic E-state index is 0.0459. The van der Waals surface area contributed by atoms with Gasteiger partial charge in [-0.3, -0.25) is 18.7 Å². The van der Waals surface area contributed by atoms with Crippen molar-refractivity contribution in [1.82, 2.24) is 23.1 Å². The molecule has 0 atom stereocenters. The lowest BCUT2D eigenvalue weighted by molar-refractivity contribution is 0.435. The molecule has 1 aromatic carbocycles. The summed E-state index contributed by atoms with van der Waals surface area (Å²) in [4.78, 5) is 42.9. The van der Waals surface area contributed by atoms with Gasteiger partial charge in [0.15, 0.2) is 11.2 Å². The lowest BCUT2D eigenvalue weighted by atomic mass is 10.1. The second-order valence-corrected chi connectivity index (χ2v) is 7.01. The van der Waals surface area contributed by atoms with Crippen LogP contribution in [-0.2, 0) is 20.5 Å². The number of rotatable bonds is 4. The lowest BCUT2D eigenvalue weighted by Gasteiger charge is -2.13. The number of hydrogen-bond acceptors (Lipinski definition) is 5. The Labute approximate surface area is 164 Å². The standard InChI is InChI=1S/C20H21N5O4/c1-4-5-11-13-16(26)24(12-9-7-6-8-10-12)19-21-15-14(25(19)17(13)27)18(28)23(3)20(29)22(15)2/h6-10,27H,4-5,11H2,1-3H3. The van der Waals surface area contributed by atoms with E-state index in [0.29, 0.717) is 18.5 Å². The number of unbranched alkanes of at least 4 members (excludes halogenated alkanes) is 1. The van der Waals surface area contributed by atoms with Crippen molar-refractivity contribution in [3.63, 3.8) is 0 Å². The minimum Gasteiger partial charge on any atom is -0.494 e. The molecule has 29 heavy (non-hydrogen) atoms. The smallest absolute Gasteiger partial charge is 0.332 e. The highest BCUT2D eigenvalue weighted by molar-refractivity contribution is 5.77. The molecule has 0 aliphatic rings. The molecule has 4 aromatic rings. The molecule has 0 amide bonds. The van der Waals surface area contributed by atoms with Gasteiger partial charge in [0.1, 0.15) is 0 Å². The Bertz CT molecular complexity index is 1420. The Morgan fingerprint density at radius 1 is 1.00 bits per heavy atom. The van der Waals surface area contributed by atoms with Gasteiger partial charge in [-0.05, 0) is 25.0 Å². The topological polar surface area (TPSA) is 104 Å². The van der Waals surface area contributed by atoms with Crippen molar-refractivity contribution in [3.8, 4) is 11.6 Å². The second kappa shape index (κ2) is 6.77. The zero-order chi connectivity index (χ0) is 20.9. The van der Waals surface area contributed by atoms with Crippen LogP contribution in [0.2, 0.25) is 0 Å². The average Bonchev–Trinajstić information content (AvgIpc) is 3.12. The van der Waals surface area contributed by atoms with E-state index < -0.39 is 16.8 Å². The van der Waals surface area contributed by atoms with E-state index in [9.17, 15) is 19.5 Å². The Kier molecular flexibility index (Phi) is 4.37. The Morgan fingerprint density at radius 3 is 2.34 bits per heavy atom. The molecule has 1 N–H and O–H groups in total. The van der Waals surface area contributed by atoms with Crippen LogP contribution in [0.3, 0.4) is 0 Å². The normalized spacial score (nSPS) is 11.6. The second-order valence-electron chi connectivity index (χ2n) is 7.01. The van der Waals surface area contributed by atoms with Gasteiger partial charge < -0.3 is 5.11 Å². The van der Waals surface area contributed by atoms with Crippen LogP contribution in [0.5, 0.6) is 5.88 Å². The Morgan fingerprint density at radius 2 is 1.69 bits per heavy atom. The highest BCUT2D eigenvalue weighted by Gasteiger charge is 2.24. The third-order valence-electron chi connectivity index (χ3n) is 5.18. The number of benzene rings is 1. The van der Waals surface area contributed by atoms with Crippen LogP contribution in [0.1, 0.15) is 25.3 Å². The predicted octanol–water partition coefficient (Wildman–Crippen LogP) is 1.08. The van der Waals surface area contributed by atoms with Crippen LogP contribution in [0.15, 0.2) is 44.7 Å². The van der Waals surface area contributed by atoms with Gasteiger partial charge in [-0.1, -0.05) is 31.5 Å². The molecule has 0 aliphatic carbocycles. The number of aryl methyl sites for hydroxylation is 1. The lowest BCUT2D eigenvalue weighted by Crippen LogP contribution is -2.37. The first-order valence-corrected chi connectivity index (χ1v) is 9.39. The van der Waals surface area contributed by atoms with E-state index in [4.69, 9.17) is 0 Å². The molecule has 150 valence electrons. The molecule has 0 radical (unpaired) electrons. The van der Waals surface area contributed by atoms with E-state index in [-0.39, 0.29) is 28.4 Å². The molecule has 9 nitrogen and oxygen atoms in total. The average molecular weight is 395 g/mol. The van der Waals surface area contributed by atoms with Gasteiger partial charge in [-0.25, -0.2) is 13.8 Å². The molecule has 3 aromatic heterocycles. The van der Waals surface area contributed by atoms with Crippen LogP contribution in [0.25, 0.3) is 22.6 Å². The van der Waals surface area contributed by atoms with E-state index in [0.717, 1.165) is 11.0 Å². The molecule has 0 saturated heterocycles. The number of hydrogen-bond donors (Lipinski definition) is 1. The van der Waals surface area contributed by atoms with Crippen molar-refractivity contribution in [2.24, 2.45) is 14.1 Å². The van der Waals surface area contributed by atoms with Gasteiger partial charge in [0, 0.05) is 14.1 Å². The summed E-state index contributed by atoms with van der Waals surface area (Å²) in [5, 5.41) is 11.0. The van der Waals surface area contributed by atoms with E-state index in [1.54, 1.807) is 24.3 Å². The molecule has 0 bridgehead atoms. The van der Waals surface area contributed by atoms with E-state index in [1.165, 1.54) is 27.6 Å². The van der Waals surface area contributed by atoms with Gasteiger partial charge in [-0.2, -0.15) is 4.98 Å². The molecule has 0 unspecified atom stereocenters. The van der Waals surface area contributed by atoms with Crippen molar-refractivity contribution >= 4 is 16.9 Å². The fourth-order valence-electron chi connectivity index (χ4n) is 3.57. The predicted molar refractivity (Wildman–Crippen MR) is 109 cm³/mol. The van der Waals surface area contributed by atoms with Gasteiger partial charge in [0.05, 0.1) is 11.3 Å². The largest absolute Gasteiger partial charge is 0.494 e. The summed E-state index contributed by atoms with van der Waals surface area (Å²) in [7, 11) is 2.86.